The van der Waals surface area contributed by atoms with Crippen LogP contribution in [0.4, 0.5) is 0 Å². The predicted molar refractivity (Wildman–Crippen MR) is 67.5 cm³/mol. The Morgan fingerprint density at radius 1 is 1.28 bits per heavy atom. The third-order valence-corrected chi connectivity index (χ3v) is 2.54. The lowest BCUT2D eigenvalue weighted by molar-refractivity contribution is -0.677. The van der Waals surface area contributed by atoms with Crippen LogP contribution < -0.4 is 15.6 Å². The second-order valence-corrected chi connectivity index (χ2v) is 5.20. The summed E-state index contributed by atoms with van der Waals surface area (Å²) in [6, 6.07) is 9.57. The lowest BCUT2D eigenvalue weighted by Gasteiger charge is -2.18. The fourth-order valence-corrected chi connectivity index (χ4v) is 1.58. The molecule has 0 amide bonds. The Bertz CT molecular complexity index is 564. The van der Waals surface area contributed by atoms with Gasteiger partial charge < -0.3 is 5.32 Å². The Balaban J connectivity index is 2.31. The van der Waals surface area contributed by atoms with Crippen LogP contribution in [0.1, 0.15) is 26.5 Å². The summed E-state index contributed by atoms with van der Waals surface area (Å²) in [7, 11) is 0. The van der Waals surface area contributed by atoms with E-state index in [1.54, 1.807) is 4.68 Å². The van der Waals surface area contributed by atoms with Gasteiger partial charge in [-0.1, -0.05) is 18.2 Å². The molecule has 1 aromatic carbocycles. The third-order valence-electron chi connectivity index (χ3n) is 2.54. The summed E-state index contributed by atoms with van der Waals surface area (Å²) >= 11 is 0. The van der Waals surface area contributed by atoms with Crippen LogP contribution in [0, 0.1) is 0 Å². The van der Waals surface area contributed by atoms with Crippen molar-refractivity contribution in [2.75, 3.05) is 0 Å². The van der Waals surface area contributed by atoms with Crippen molar-refractivity contribution in [1.29, 1.82) is 0 Å². The van der Waals surface area contributed by atoms with Crippen molar-refractivity contribution >= 4 is 0 Å². The topological polar surface area (TPSA) is 61.9 Å². The molecule has 0 unspecified atom stereocenters. The van der Waals surface area contributed by atoms with E-state index in [0.717, 1.165) is 5.69 Å². The number of aromatic nitrogens is 2. The van der Waals surface area contributed by atoms with Gasteiger partial charge in [0.05, 0.1) is 6.54 Å². The molecule has 0 aliphatic rings. The molecule has 1 aromatic heterocycles. The number of H-pyrrole nitrogens is 1. The average Bonchev–Trinajstić information content (AvgIpc) is 2.68. The fourth-order valence-electron chi connectivity index (χ4n) is 1.58. The molecular weight excluding hydrogens is 230 g/mol. The Morgan fingerprint density at radius 2 is 1.94 bits per heavy atom. The zero-order valence-corrected chi connectivity index (χ0v) is 10.9. The van der Waals surface area contributed by atoms with Gasteiger partial charge >= 0.3 is 11.3 Å². The highest BCUT2D eigenvalue weighted by Crippen LogP contribution is 2.01. The predicted octanol–water partition coefficient (Wildman–Crippen LogP) is 1.13. The van der Waals surface area contributed by atoms with Crippen LogP contribution in [0.5, 0.6) is 0 Å². The minimum atomic E-state index is -0.351. The average molecular weight is 248 g/mol. The largest absolute Gasteiger partial charge is 0.431 e. The third kappa shape index (κ3) is 2.87. The zero-order valence-electron chi connectivity index (χ0n) is 10.9. The summed E-state index contributed by atoms with van der Waals surface area (Å²) in [5.41, 5.74) is 1.01. The Kier molecular flexibility index (Phi) is 3.34. The number of benzene rings is 1. The SMILES string of the molecule is CC(C)(C)NCc1c(=O)o[nH][n+]1-c1ccccc1. The Morgan fingerprint density at radius 3 is 2.56 bits per heavy atom. The first-order valence-corrected chi connectivity index (χ1v) is 5.90. The minimum absolute atomic E-state index is 0.0573. The van der Waals surface area contributed by atoms with Gasteiger partial charge in [-0.05, 0) is 30.7 Å². The van der Waals surface area contributed by atoms with E-state index in [-0.39, 0.29) is 11.2 Å². The molecule has 5 nitrogen and oxygen atoms in total. The Labute approximate surface area is 105 Å². The molecule has 0 aliphatic carbocycles. The smallest absolute Gasteiger partial charge is 0.302 e. The molecule has 2 aromatic rings. The lowest BCUT2D eigenvalue weighted by atomic mass is 10.1. The highest BCUT2D eigenvalue weighted by Gasteiger charge is 2.24. The molecular formula is C13H18N3O2+. The van der Waals surface area contributed by atoms with Gasteiger partial charge in [-0.3, -0.25) is 4.52 Å². The van der Waals surface area contributed by atoms with Crippen LogP contribution in [-0.4, -0.2) is 10.8 Å². The number of nitrogens with one attached hydrogen (secondary N) is 2. The summed E-state index contributed by atoms with van der Waals surface area (Å²) in [5, 5.41) is 5.89. The van der Waals surface area contributed by atoms with Crippen molar-refractivity contribution in [3.63, 3.8) is 0 Å². The van der Waals surface area contributed by atoms with E-state index in [2.05, 4.69) is 10.6 Å². The molecule has 0 aliphatic heterocycles. The lowest BCUT2D eigenvalue weighted by Crippen LogP contribution is -2.44. The van der Waals surface area contributed by atoms with Crippen LogP contribution in [0.25, 0.3) is 5.69 Å². The molecule has 0 spiro atoms. The summed E-state index contributed by atoms with van der Waals surface area (Å²) in [6.07, 6.45) is 0. The van der Waals surface area contributed by atoms with Gasteiger partial charge in [-0.15, -0.1) is 0 Å². The maximum atomic E-state index is 11.7. The van der Waals surface area contributed by atoms with Gasteiger partial charge in [0.25, 0.3) is 0 Å². The summed E-state index contributed by atoms with van der Waals surface area (Å²) in [4.78, 5) is 11.7. The van der Waals surface area contributed by atoms with Crippen molar-refractivity contribution in [3.05, 3.63) is 46.4 Å². The second kappa shape index (κ2) is 4.78. The van der Waals surface area contributed by atoms with Gasteiger partial charge in [0.15, 0.2) is 0 Å². The van der Waals surface area contributed by atoms with Crippen molar-refractivity contribution in [2.24, 2.45) is 0 Å². The number of aromatic amines is 1. The number of hydrogen-bond donors (Lipinski definition) is 2. The number of rotatable bonds is 3. The first-order chi connectivity index (χ1) is 8.47. The van der Waals surface area contributed by atoms with Gasteiger partial charge in [-0.25, -0.2) is 4.79 Å². The summed E-state index contributed by atoms with van der Waals surface area (Å²) in [5.74, 6) is 0. The minimum Gasteiger partial charge on any atom is -0.302 e. The van der Waals surface area contributed by atoms with Gasteiger partial charge in [0.1, 0.15) is 0 Å². The highest BCUT2D eigenvalue weighted by atomic mass is 16.5. The van der Waals surface area contributed by atoms with E-state index >= 15 is 0 Å². The number of nitrogens with zero attached hydrogens (tertiary/aromatic N) is 1. The van der Waals surface area contributed by atoms with Crippen LogP contribution >= 0.6 is 0 Å². The quantitative estimate of drug-likeness (QED) is 0.800. The van der Waals surface area contributed by atoms with Crippen molar-refractivity contribution in [3.8, 4) is 5.69 Å². The normalized spacial score (nSPS) is 11.7. The summed E-state index contributed by atoms with van der Waals surface area (Å²) in [6.45, 7) is 6.60. The molecule has 1 heterocycles. The van der Waals surface area contributed by atoms with Crippen LogP contribution in [0.2, 0.25) is 0 Å². The van der Waals surface area contributed by atoms with E-state index in [0.29, 0.717) is 12.2 Å². The van der Waals surface area contributed by atoms with Crippen molar-refractivity contribution < 1.29 is 9.20 Å². The van der Waals surface area contributed by atoms with E-state index in [4.69, 9.17) is 4.52 Å². The van der Waals surface area contributed by atoms with E-state index in [9.17, 15) is 4.79 Å². The van der Waals surface area contributed by atoms with Gasteiger partial charge in [0, 0.05) is 17.7 Å². The molecule has 0 radical (unpaired) electrons. The molecule has 5 heteroatoms. The molecule has 0 bridgehead atoms. The number of hydrogen-bond acceptors (Lipinski definition) is 3. The van der Waals surface area contributed by atoms with E-state index < -0.39 is 0 Å². The molecule has 96 valence electrons. The molecule has 0 atom stereocenters. The molecule has 2 N–H and O–H groups in total. The van der Waals surface area contributed by atoms with Gasteiger partial charge in [0.2, 0.25) is 5.69 Å². The van der Waals surface area contributed by atoms with Gasteiger partial charge in [-0.2, -0.15) is 0 Å². The second-order valence-electron chi connectivity index (χ2n) is 5.20. The van der Waals surface area contributed by atoms with Crippen molar-refractivity contribution in [1.82, 2.24) is 10.6 Å². The fraction of sp³-hybridized carbons (Fsp3) is 0.385. The van der Waals surface area contributed by atoms with Crippen LogP contribution in [0.3, 0.4) is 0 Å². The molecule has 18 heavy (non-hydrogen) atoms. The highest BCUT2D eigenvalue weighted by molar-refractivity contribution is 5.21. The maximum absolute atomic E-state index is 11.7. The first-order valence-electron chi connectivity index (χ1n) is 5.90. The standard InChI is InChI=1S/C13H17N3O2/c1-13(2,3)14-9-11-12(17)18-15-16(11)10-7-5-4-6-8-10/h4-8,14H,9H2,1-3H3/p+1. The zero-order chi connectivity index (χ0) is 13.2. The molecule has 0 saturated heterocycles. The molecule has 0 fully saturated rings. The molecule has 0 saturated carbocycles. The Hall–Kier alpha value is -1.88. The molecule has 2 rings (SSSR count). The van der Waals surface area contributed by atoms with E-state index in [1.165, 1.54) is 0 Å². The van der Waals surface area contributed by atoms with Crippen LogP contribution in [0.15, 0.2) is 39.6 Å². The number of para-hydroxylation sites is 1. The summed E-state index contributed by atoms with van der Waals surface area (Å²) < 4.78 is 6.51. The monoisotopic (exact) mass is 248 g/mol. The van der Waals surface area contributed by atoms with Crippen LogP contribution in [-0.2, 0) is 6.54 Å². The van der Waals surface area contributed by atoms with Crippen molar-refractivity contribution in [2.45, 2.75) is 32.9 Å². The first kappa shape index (κ1) is 12.6. The van der Waals surface area contributed by atoms with E-state index in [1.807, 2.05) is 51.1 Å². The maximum Gasteiger partial charge on any atom is 0.431 e.